The first-order valence-corrected chi connectivity index (χ1v) is 5.92. The summed E-state index contributed by atoms with van der Waals surface area (Å²) in [7, 11) is 0. The average Bonchev–Trinajstić information content (AvgIpc) is 2.77. The van der Waals surface area contributed by atoms with E-state index in [0.717, 1.165) is 30.7 Å². The minimum atomic E-state index is -0.132. The van der Waals surface area contributed by atoms with Crippen molar-refractivity contribution in [2.75, 3.05) is 0 Å². The van der Waals surface area contributed by atoms with Crippen LogP contribution in [0.25, 0.3) is 11.6 Å². The van der Waals surface area contributed by atoms with E-state index >= 15 is 0 Å². The molecule has 0 aliphatic carbocycles. The van der Waals surface area contributed by atoms with Crippen molar-refractivity contribution in [1.82, 2.24) is 9.97 Å². The number of aryl methyl sites for hydroxylation is 2. The molecule has 4 heteroatoms. The Bertz CT molecular complexity index is 555. The molecule has 0 fully saturated rings. The number of aromatic amines is 1. The van der Waals surface area contributed by atoms with Gasteiger partial charge in [-0.3, -0.25) is 4.79 Å². The van der Waals surface area contributed by atoms with Crippen LogP contribution in [0.2, 0.25) is 0 Å². The van der Waals surface area contributed by atoms with Crippen LogP contribution in [0, 0.1) is 0 Å². The van der Waals surface area contributed by atoms with Crippen LogP contribution in [-0.4, -0.2) is 9.97 Å². The molecule has 2 aromatic rings. The summed E-state index contributed by atoms with van der Waals surface area (Å²) in [6.07, 6.45) is 2.60. The van der Waals surface area contributed by atoms with E-state index in [4.69, 9.17) is 4.42 Å². The van der Waals surface area contributed by atoms with Crippen molar-refractivity contribution in [3.05, 3.63) is 40.0 Å². The van der Waals surface area contributed by atoms with E-state index in [1.807, 2.05) is 19.1 Å². The SMILES string of the molecule is CCCc1cc(=O)[nH]c(-c2ccc(CC)o2)n1. The highest BCUT2D eigenvalue weighted by molar-refractivity contribution is 5.46. The van der Waals surface area contributed by atoms with Gasteiger partial charge in [0.05, 0.1) is 0 Å². The Balaban J connectivity index is 2.40. The molecule has 0 unspecified atom stereocenters. The number of hydrogen-bond donors (Lipinski definition) is 1. The summed E-state index contributed by atoms with van der Waals surface area (Å²) in [6.45, 7) is 4.08. The van der Waals surface area contributed by atoms with Crippen molar-refractivity contribution in [3.63, 3.8) is 0 Å². The van der Waals surface area contributed by atoms with Gasteiger partial charge in [-0.2, -0.15) is 0 Å². The summed E-state index contributed by atoms with van der Waals surface area (Å²) in [5, 5.41) is 0. The fraction of sp³-hybridized carbons (Fsp3) is 0.385. The Morgan fingerprint density at radius 1 is 1.35 bits per heavy atom. The van der Waals surface area contributed by atoms with E-state index in [1.165, 1.54) is 6.07 Å². The molecule has 0 spiro atoms. The molecule has 0 saturated heterocycles. The lowest BCUT2D eigenvalue weighted by atomic mass is 10.2. The van der Waals surface area contributed by atoms with E-state index in [0.29, 0.717) is 11.6 Å². The first-order chi connectivity index (χ1) is 8.22. The molecule has 0 saturated carbocycles. The number of nitrogens with one attached hydrogen (secondary N) is 1. The molecular weight excluding hydrogens is 216 g/mol. The highest BCUT2D eigenvalue weighted by Gasteiger charge is 2.07. The second-order valence-electron chi connectivity index (χ2n) is 3.95. The first-order valence-electron chi connectivity index (χ1n) is 5.92. The number of aromatic nitrogens is 2. The van der Waals surface area contributed by atoms with Crippen LogP contribution in [0.5, 0.6) is 0 Å². The zero-order chi connectivity index (χ0) is 12.3. The Kier molecular flexibility index (Phi) is 3.42. The Morgan fingerprint density at radius 2 is 2.18 bits per heavy atom. The largest absolute Gasteiger partial charge is 0.458 e. The number of hydrogen-bond acceptors (Lipinski definition) is 3. The quantitative estimate of drug-likeness (QED) is 0.881. The molecule has 0 aliphatic heterocycles. The number of nitrogens with zero attached hydrogens (tertiary/aromatic N) is 1. The number of H-pyrrole nitrogens is 1. The van der Waals surface area contributed by atoms with Crippen LogP contribution in [-0.2, 0) is 12.8 Å². The minimum absolute atomic E-state index is 0.132. The topological polar surface area (TPSA) is 58.9 Å². The maximum atomic E-state index is 11.5. The van der Waals surface area contributed by atoms with Crippen LogP contribution >= 0.6 is 0 Å². The molecule has 90 valence electrons. The molecule has 2 aromatic heterocycles. The van der Waals surface area contributed by atoms with Gasteiger partial charge in [0, 0.05) is 18.2 Å². The van der Waals surface area contributed by atoms with Crippen molar-refractivity contribution in [2.24, 2.45) is 0 Å². The zero-order valence-electron chi connectivity index (χ0n) is 10.1. The number of rotatable bonds is 4. The third kappa shape index (κ3) is 2.64. The van der Waals surface area contributed by atoms with Crippen LogP contribution < -0.4 is 5.56 Å². The fourth-order valence-corrected chi connectivity index (χ4v) is 1.70. The van der Waals surface area contributed by atoms with Crippen molar-refractivity contribution in [1.29, 1.82) is 0 Å². The molecule has 1 N–H and O–H groups in total. The monoisotopic (exact) mass is 232 g/mol. The second kappa shape index (κ2) is 4.99. The highest BCUT2D eigenvalue weighted by atomic mass is 16.3. The van der Waals surface area contributed by atoms with E-state index in [9.17, 15) is 4.79 Å². The van der Waals surface area contributed by atoms with Gasteiger partial charge in [-0.15, -0.1) is 0 Å². The third-order valence-electron chi connectivity index (χ3n) is 2.54. The van der Waals surface area contributed by atoms with Gasteiger partial charge in [0.2, 0.25) is 0 Å². The predicted octanol–water partition coefficient (Wildman–Crippen LogP) is 2.54. The third-order valence-corrected chi connectivity index (χ3v) is 2.54. The summed E-state index contributed by atoms with van der Waals surface area (Å²) < 4.78 is 5.57. The lowest BCUT2D eigenvalue weighted by Gasteiger charge is -2.00. The molecular formula is C13H16N2O2. The second-order valence-corrected chi connectivity index (χ2v) is 3.95. The molecule has 0 bridgehead atoms. The van der Waals surface area contributed by atoms with Gasteiger partial charge in [-0.05, 0) is 18.6 Å². The van der Waals surface area contributed by atoms with Gasteiger partial charge < -0.3 is 9.40 Å². The molecule has 0 aromatic carbocycles. The van der Waals surface area contributed by atoms with Crippen molar-refractivity contribution in [3.8, 4) is 11.6 Å². The molecule has 4 nitrogen and oxygen atoms in total. The molecule has 2 rings (SSSR count). The fourth-order valence-electron chi connectivity index (χ4n) is 1.70. The maximum absolute atomic E-state index is 11.5. The summed E-state index contributed by atoms with van der Waals surface area (Å²) in [5.41, 5.74) is 0.675. The number of furan rings is 1. The summed E-state index contributed by atoms with van der Waals surface area (Å²) in [6, 6.07) is 5.28. The molecule has 2 heterocycles. The zero-order valence-corrected chi connectivity index (χ0v) is 10.1. The smallest absolute Gasteiger partial charge is 0.251 e. The molecule has 0 amide bonds. The van der Waals surface area contributed by atoms with E-state index < -0.39 is 0 Å². The Morgan fingerprint density at radius 3 is 2.82 bits per heavy atom. The van der Waals surface area contributed by atoms with Gasteiger partial charge in [-0.1, -0.05) is 20.3 Å². The van der Waals surface area contributed by atoms with Crippen LogP contribution in [0.15, 0.2) is 27.4 Å². The molecule has 0 radical (unpaired) electrons. The minimum Gasteiger partial charge on any atom is -0.458 e. The lowest BCUT2D eigenvalue weighted by Crippen LogP contribution is -2.10. The van der Waals surface area contributed by atoms with Gasteiger partial charge in [0.15, 0.2) is 11.6 Å². The normalized spacial score (nSPS) is 10.7. The predicted molar refractivity (Wildman–Crippen MR) is 65.9 cm³/mol. The van der Waals surface area contributed by atoms with Crippen LogP contribution in [0.3, 0.4) is 0 Å². The molecule has 0 atom stereocenters. The standard InChI is InChI=1S/C13H16N2O2/c1-3-5-9-8-12(16)15-13(14-9)11-7-6-10(4-2)17-11/h6-8H,3-5H2,1-2H3,(H,14,15,16). The van der Waals surface area contributed by atoms with Gasteiger partial charge in [0.1, 0.15) is 5.76 Å². The van der Waals surface area contributed by atoms with E-state index in [-0.39, 0.29) is 5.56 Å². The summed E-state index contributed by atoms with van der Waals surface area (Å²) in [4.78, 5) is 18.6. The van der Waals surface area contributed by atoms with Crippen LogP contribution in [0.1, 0.15) is 31.7 Å². The van der Waals surface area contributed by atoms with Gasteiger partial charge in [0.25, 0.3) is 5.56 Å². The van der Waals surface area contributed by atoms with Crippen LogP contribution in [0.4, 0.5) is 0 Å². The first kappa shape index (κ1) is 11.6. The van der Waals surface area contributed by atoms with Gasteiger partial charge in [-0.25, -0.2) is 4.98 Å². The summed E-state index contributed by atoms with van der Waals surface area (Å²) >= 11 is 0. The average molecular weight is 232 g/mol. The Labute approximate surface area is 99.7 Å². The van der Waals surface area contributed by atoms with Crippen molar-refractivity contribution < 1.29 is 4.42 Å². The Hall–Kier alpha value is -1.84. The van der Waals surface area contributed by atoms with Crippen molar-refractivity contribution in [2.45, 2.75) is 33.1 Å². The van der Waals surface area contributed by atoms with Crippen molar-refractivity contribution >= 4 is 0 Å². The highest BCUT2D eigenvalue weighted by Crippen LogP contribution is 2.18. The van der Waals surface area contributed by atoms with E-state index in [2.05, 4.69) is 16.9 Å². The maximum Gasteiger partial charge on any atom is 0.251 e. The van der Waals surface area contributed by atoms with E-state index in [1.54, 1.807) is 0 Å². The molecule has 17 heavy (non-hydrogen) atoms. The lowest BCUT2D eigenvalue weighted by molar-refractivity contribution is 0.525. The summed E-state index contributed by atoms with van der Waals surface area (Å²) in [5.74, 6) is 2.03. The molecule has 0 aliphatic rings. The van der Waals surface area contributed by atoms with Gasteiger partial charge >= 0.3 is 0 Å².